The normalized spacial score (nSPS) is 10.8. The highest BCUT2D eigenvalue weighted by molar-refractivity contribution is 5.93. The maximum atomic E-state index is 11.6. The van der Waals surface area contributed by atoms with E-state index in [2.05, 4.69) is 10.6 Å². The van der Waals surface area contributed by atoms with Crippen LogP contribution in [0.4, 0.5) is 11.4 Å². The number of benzene rings is 1. The number of hydrogen-bond donors (Lipinski definition) is 3. The van der Waals surface area contributed by atoms with Crippen molar-refractivity contribution in [2.75, 3.05) is 11.9 Å². The topological polar surface area (TPSA) is 122 Å². The van der Waals surface area contributed by atoms with Crippen LogP contribution in [0.5, 0.6) is 0 Å². The van der Waals surface area contributed by atoms with Crippen LogP contribution in [0.1, 0.15) is 31.1 Å². The molecular formula is C13H17N3O5. The number of carbonyl (C=O) groups excluding carboxylic acids is 1. The highest BCUT2D eigenvalue weighted by Gasteiger charge is 2.20. The highest BCUT2D eigenvalue weighted by Crippen LogP contribution is 2.22. The van der Waals surface area contributed by atoms with Gasteiger partial charge in [0.15, 0.2) is 0 Å². The molecule has 0 fully saturated rings. The van der Waals surface area contributed by atoms with Gasteiger partial charge in [-0.15, -0.1) is 0 Å². The fourth-order valence-corrected chi connectivity index (χ4v) is 1.62. The zero-order chi connectivity index (χ0) is 16.2. The van der Waals surface area contributed by atoms with Crippen molar-refractivity contribution in [2.24, 2.45) is 0 Å². The lowest BCUT2D eigenvalue weighted by molar-refractivity contribution is -0.385. The van der Waals surface area contributed by atoms with E-state index in [1.54, 1.807) is 0 Å². The van der Waals surface area contributed by atoms with Gasteiger partial charge in [0.25, 0.3) is 5.69 Å². The molecule has 0 aliphatic heterocycles. The van der Waals surface area contributed by atoms with Gasteiger partial charge >= 0.3 is 5.97 Å². The Morgan fingerprint density at radius 1 is 1.33 bits per heavy atom. The molecule has 0 spiro atoms. The predicted octanol–water partition coefficient (Wildman–Crippen LogP) is 1.62. The number of rotatable bonds is 5. The SMILES string of the molecule is CC(C)(C)NC(=O)CNc1ccc([N+](=O)[O-])c(C(=O)O)c1. The standard InChI is InChI=1S/C13H17N3O5/c1-13(2,3)15-11(17)7-14-8-4-5-10(16(20)21)9(6-8)12(18)19/h4-6,14H,7H2,1-3H3,(H,15,17)(H,18,19). The maximum Gasteiger partial charge on any atom is 0.342 e. The third-order valence-electron chi connectivity index (χ3n) is 2.39. The van der Waals surface area contributed by atoms with Crippen molar-refractivity contribution >= 4 is 23.3 Å². The van der Waals surface area contributed by atoms with E-state index in [4.69, 9.17) is 5.11 Å². The first-order valence-corrected chi connectivity index (χ1v) is 6.17. The third kappa shape index (κ3) is 5.09. The fourth-order valence-electron chi connectivity index (χ4n) is 1.62. The van der Waals surface area contributed by atoms with Crippen LogP contribution in [-0.4, -0.2) is 34.0 Å². The van der Waals surface area contributed by atoms with Crippen molar-refractivity contribution in [1.82, 2.24) is 5.32 Å². The number of nitrogens with one attached hydrogen (secondary N) is 2. The molecule has 0 aliphatic carbocycles. The minimum atomic E-state index is -1.40. The van der Waals surface area contributed by atoms with Gasteiger partial charge in [-0.2, -0.15) is 0 Å². The second-order valence-electron chi connectivity index (χ2n) is 5.45. The number of carbonyl (C=O) groups is 2. The molecule has 0 heterocycles. The van der Waals surface area contributed by atoms with E-state index in [9.17, 15) is 19.7 Å². The molecule has 0 aromatic heterocycles. The zero-order valence-corrected chi connectivity index (χ0v) is 12.0. The van der Waals surface area contributed by atoms with Gasteiger partial charge in [-0.3, -0.25) is 14.9 Å². The van der Waals surface area contributed by atoms with Gasteiger partial charge < -0.3 is 15.7 Å². The Labute approximate surface area is 121 Å². The zero-order valence-electron chi connectivity index (χ0n) is 12.0. The first kappa shape index (κ1) is 16.4. The van der Waals surface area contributed by atoms with Gasteiger partial charge in [-0.1, -0.05) is 0 Å². The summed E-state index contributed by atoms with van der Waals surface area (Å²) in [6.45, 7) is 5.44. The number of anilines is 1. The van der Waals surface area contributed by atoms with Gasteiger partial charge in [-0.25, -0.2) is 4.79 Å². The summed E-state index contributed by atoms with van der Waals surface area (Å²) in [6, 6.07) is 3.58. The van der Waals surface area contributed by atoms with Crippen LogP contribution < -0.4 is 10.6 Å². The summed E-state index contributed by atoms with van der Waals surface area (Å²) in [5, 5.41) is 25.1. The Hall–Kier alpha value is -2.64. The monoisotopic (exact) mass is 295 g/mol. The van der Waals surface area contributed by atoms with Gasteiger partial charge in [0.2, 0.25) is 5.91 Å². The first-order valence-electron chi connectivity index (χ1n) is 6.17. The quantitative estimate of drug-likeness (QED) is 0.560. The molecular weight excluding hydrogens is 278 g/mol. The first-order chi connectivity index (χ1) is 9.60. The molecule has 0 saturated carbocycles. The van der Waals surface area contributed by atoms with Crippen LogP contribution in [0.25, 0.3) is 0 Å². The second-order valence-corrected chi connectivity index (χ2v) is 5.45. The molecule has 0 atom stereocenters. The van der Waals surface area contributed by atoms with Crippen molar-refractivity contribution in [1.29, 1.82) is 0 Å². The van der Waals surface area contributed by atoms with E-state index >= 15 is 0 Å². The Bertz CT molecular complexity index is 578. The number of amides is 1. The van der Waals surface area contributed by atoms with Gasteiger partial charge in [0, 0.05) is 17.3 Å². The van der Waals surface area contributed by atoms with Crippen LogP contribution in [0, 0.1) is 10.1 Å². The minimum absolute atomic E-state index is 0.0614. The molecule has 3 N–H and O–H groups in total. The van der Waals surface area contributed by atoms with E-state index in [0.29, 0.717) is 5.69 Å². The Morgan fingerprint density at radius 2 is 1.95 bits per heavy atom. The molecule has 0 unspecified atom stereocenters. The fraction of sp³-hybridized carbons (Fsp3) is 0.385. The summed E-state index contributed by atoms with van der Waals surface area (Å²) in [5.74, 6) is -1.66. The van der Waals surface area contributed by atoms with Gasteiger partial charge in [0.05, 0.1) is 11.5 Å². The van der Waals surface area contributed by atoms with E-state index in [0.717, 1.165) is 12.1 Å². The molecule has 21 heavy (non-hydrogen) atoms. The number of carboxylic acid groups (broad SMARTS) is 1. The number of carboxylic acids is 1. The Morgan fingerprint density at radius 3 is 2.43 bits per heavy atom. The predicted molar refractivity (Wildman–Crippen MR) is 76.4 cm³/mol. The third-order valence-corrected chi connectivity index (χ3v) is 2.39. The minimum Gasteiger partial charge on any atom is -0.477 e. The van der Waals surface area contributed by atoms with Crippen molar-refractivity contribution in [3.8, 4) is 0 Å². The molecule has 0 saturated heterocycles. The Kier molecular flexibility index (Phi) is 4.85. The number of aromatic carboxylic acids is 1. The van der Waals surface area contributed by atoms with Crippen molar-refractivity contribution < 1.29 is 19.6 Å². The van der Waals surface area contributed by atoms with Crippen molar-refractivity contribution in [3.05, 3.63) is 33.9 Å². The molecule has 1 amide bonds. The molecule has 1 aromatic carbocycles. The molecule has 1 aromatic rings. The molecule has 8 heteroatoms. The van der Waals surface area contributed by atoms with Crippen LogP contribution in [0.3, 0.4) is 0 Å². The molecule has 0 radical (unpaired) electrons. The number of nitrogens with zero attached hydrogens (tertiary/aromatic N) is 1. The average molecular weight is 295 g/mol. The van der Waals surface area contributed by atoms with Crippen molar-refractivity contribution in [3.63, 3.8) is 0 Å². The Balaban J connectivity index is 2.82. The van der Waals surface area contributed by atoms with E-state index in [1.807, 2.05) is 20.8 Å². The average Bonchev–Trinajstić information content (AvgIpc) is 2.33. The van der Waals surface area contributed by atoms with Crippen LogP contribution in [0.2, 0.25) is 0 Å². The van der Waals surface area contributed by atoms with Crippen LogP contribution in [-0.2, 0) is 4.79 Å². The molecule has 8 nitrogen and oxygen atoms in total. The van der Waals surface area contributed by atoms with Gasteiger partial charge in [0.1, 0.15) is 5.56 Å². The van der Waals surface area contributed by atoms with E-state index in [1.165, 1.54) is 6.07 Å². The van der Waals surface area contributed by atoms with Crippen molar-refractivity contribution in [2.45, 2.75) is 26.3 Å². The summed E-state index contributed by atoms with van der Waals surface area (Å²) in [4.78, 5) is 32.6. The molecule has 114 valence electrons. The van der Waals surface area contributed by atoms with E-state index < -0.39 is 22.1 Å². The highest BCUT2D eigenvalue weighted by atomic mass is 16.6. The molecule has 1 rings (SSSR count). The summed E-state index contributed by atoms with van der Waals surface area (Å²) < 4.78 is 0. The number of nitro groups is 1. The number of nitro benzene ring substituents is 1. The lowest BCUT2D eigenvalue weighted by atomic mass is 10.1. The largest absolute Gasteiger partial charge is 0.477 e. The van der Waals surface area contributed by atoms with Crippen LogP contribution >= 0.6 is 0 Å². The lowest BCUT2D eigenvalue weighted by Crippen LogP contribution is -2.43. The lowest BCUT2D eigenvalue weighted by Gasteiger charge is -2.20. The summed E-state index contributed by atoms with van der Waals surface area (Å²) in [6.07, 6.45) is 0. The number of hydrogen-bond acceptors (Lipinski definition) is 5. The smallest absolute Gasteiger partial charge is 0.342 e. The second kappa shape index (κ2) is 6.21. The summed E-state index contributed by atoms with van der Waals surface area (Å²) in [7, 11) is 0. The summed E-state index contributed by atoms with van der Waals surface area (Å²) >= 11 is 0. The molecule has 0 bridgehead atoms. The molecule has 0 aliphatic rings. The summed E-state index contributed by atoms with van der Waals surface area (Å²) in [5.41, 5.74) is -0.976. The van der Waals surface area contributed by atoms with Crippen LogP contribution in [0.15, 0.2) is 18.2 Å². The van der Waals surface area contributed by atoms with E-state index in [-0.39, 0.29) is 18.0 Å². The maximum absolute atomic E-state index is 11.6. The van der Waals surface area contributed by atoms with Gasteiger partial charge in [-0.05, 0) is 32.9 Å².